The third-order valence-corrected chi connectivity index (χ3v) is 5.48. The highest BCUT2D eigenvalue weighted by atomic mass is 79.9. The smallest absolute Gasteiger partial charge is 0.243 e. The topological polar surface area (TPSA) is 50.5 Å². The molecule has 0 bridgehead atoms. The Morgan fingerprint density at radius 1 is 1.25 bits per heavy atom. The quantitative estimate of drug-likeness (QED) is 0.747. The van der Waals surface area contributed by atoms with Crippen LogP contribution < -0.4 is 0 Å². The fourth-order valence-corrected chi connectivity index (χ4v) is 3.29. The van der Waals surface area contributed by atoms with Crippen molar-refractivity contribution in [3.63, 3.8) is 0 Å². The van der Waals surface area contributed by atoms with Crippen LogP contribution in [0.3, 0.4) is 0 Å². The van der Waals surface area contributed by atoms with E-state index in [0.29, 0.717) is 10.4 Å². The molecule has 2 rings (SSSR count). The van der Waals surface area contributed by atoms with Crippen LogP contribution in [0.4, 0.5) is 4.39 Å². The van der Waals surface area contributed by atoms with Crippen LogP contribution in [0.15, 0.2) is 48.8 Å². The Morgan fingerprint density at radius 3 is 2.50 bits per heavy atom. The van der Waals surface area contributed by atoms with E-state index in [0.717, 1.165) is 10.4 Å². The summed E-state index contributed by atoms with van der Waals surface area (Å²) in [5.41, 5.74) is 0. The third-order valence-electron chi connectivity index (χ3n) is 2.61. The van der Waals surface area contributed by atoms with Gasteiger partial charge >= 0.3 is 0 Å². The fraction of sp³-hybridized carbons (Fsp3) is 0.167. The number of sulfonamides is 1. The maximum atomic E-state index is 13.4. The number of nitrogens with zero attached hydrogens (tertiary/aromatic N) is 1. The molecule has 0 aliphatic carbocycles. The SMILES string of the molecule is CN(Cc1ccc(Br)o1)S(=O)(=O)c1ccc(Br)c(F)c1. The molecule has 8 heteroatoms. The summed E-state index contributed by atoms with van der Waals surface area (Å²) in [6, 6.07) is 7.03. The molecule has 0 N–H and O–H groups in total. The Labute approximate surface area is 132 Å². The summed E-state index contributed by atoms with van der Waals surface area (Å²) in [6.07, 6.45) is 0. The zero-order valence-corrected chi connectivity index (χ0v) is 14.3. The molecule has 1 aromatic carbocycles. The Kier molecular flexibility index (Phi) is 4.68. The van der Waals surface area contributed by atoms with Crippen LogP contribution >= 0.6 is 31.9 Å². The van der Waals surface area contributed by atoms with Crippen LogP contribution in [0.2, 0.25) is 0 Å². The van der Waals surface area contributed by atoms with Crippen LogP contribution in [0.5, 0.6) is 0 Å². The highest BCUT2D eigenvalue weighted by Gasteiger charge is 2.23. The molecule has 0 spiro atoms. The molecular formula is C12H10Br2FNO3S. The molecule has 0 unspecified atom stereocenters. The molecule has 0 aliphatic heterocycles. The van der Waals surface area contributed by atoms with Crippen LogP contribution in [0.25, 0.3) is 0 Å². The van der Waals surface area contributed by atoms with Crippen molar-refractivity contribution in [2.45, 2.75) is 11.4 Å². The van der Waals surface area contributed by atoms with E-state index in [-0.39, 0.29) is 15.9 Å². The van der Waals surface area contributed by atoms with Gasteiger partial charge in [0.25, 0.3) is 0 Å². The van der Waals surface area contributed by atoms with Gasteiger partial charge in [0.15, 0.2) is 4.67 Å². The van der Waals surface area contributed by atoms with Gasteiger partial charge < -0.3 is 4.42 Å². The number of halogens is 3. The minimum atomic E-state index is -3.77. The van der Waals surface area contributed by atoms with Gasteiger partial charge in [-0.1, -0.05) is 0 Å². The van der Waals surface area contributed by atoms with Crippen molar-refractivity contribution in [3.8, 4) is 0 Å². The number of rotatable bonds is 4. The van der Waals surface area contributed by atoms with Crippen molar-refractivity contribution < 1.29 is 17.2 Å². The maximum Gasteiger partial charge on any atom is 0.243 e. The van der Waals surface area contributed by atoms with Crippen molar-refractivity contribution in [2.75, 3.05) is 7.05 Å². The van der Waals surface area contributed by atoms with Crippen molar-refractivity contribution in [1.82, 2.24) is 4.31 Å². The molecule has 1 heterocycles. The zero-order chi connectivity index (χ0) is 14.9. The van der Waals surface area contributed by atoms with Gasteiger partial charge in [-0.05, 0) is 62.2 Å². The highest BCUT2D eigenvalue weighted by molar-refractivity contribution is 9.10. The second kappa shape index (κ2) is 5.97. The van der Waals surface area contributed by atoms with E-state index in [1.807, 2.05) is 0 Å². The summed E-state index contributed by atoms with van der Waals surface area (Å²) in [7, 11) is -2.36. The lowest BCUT2D eigenvalue weighted by Gasteiger charge is -2.16. The summed E-state index contributed by atoms with van der Waals surface area (Å²) >= 11 is 6.13. The second-order valence-corrected chi connectivity index (χ2v) is 7.72. The third kappa shape index (κ3) is 3.30. The van der Waals surface area contributed by atoms with Crippen LogP contribution in [-0.2, 0) is 16.6 Å². The van der Waals surface area contributed by atoms with Crippen LogP contribution in [0.1, 0.15) is 5.76 Å². The first-order chi connectivity index (χ1) is 9.30. The molecular weight excluding hydrogens is 417 g/mol. The van der Waals surface area contributed by atoms with Gasteiger partial charge in [-0.15, -0.1) is 0 Å². The molecule has 0 radical (unpaired) electrons. The molecule has 0 saturated heterocycles. The average Bonchev–Trinajstić information content (AvgIpc) is 2.78. The molecule has 0 atom stereocenters. The predicted octanol–water partition coefficient (Wildman–Crippen LogP) is 3.76. The second-order valence-electron chi connectivity index (χ2n) is 4.04. The van der Waals surface area contributed by atoms with E-state index in [1.54, 1.807) is 12.1 Å². The Bertz CT molecular complexity index is 730. The Hall–Kier alpha value is -0.700. The van der Waals surface area contributed by atoms with Gasteiger partial charge in [-0.25, -0.2) is 12.8 Å². The number of furan rings is 1. The molecule has 108 valence electrons. The molecule has 4 nitrogen and oxygen atoms in total. The van der Waals surface area contributed by atoms with Crippen molar-refractivity contribution >= 4 is 41.9 Å². The van der Waals surface area contributed by atoms with E-state index < -0.39 is 15.8 Å². The minimum absolute atomic E-state index is 0.0611. The summed E-state index contributed by atoms with van der Waals surface area (Å²) in [4.78, 5) is -0.105. The lowest BCUT2D eigenvalue weighted by Crippen LogP contribution is -2.26. The van der Waals surface area contributed by atoms with E-state index in [4.69, 9.17) is 4.42 Å². The molecule has 20 heavy (non-hydrogen) atoms. The van der Waals surface area contributed by atoms with E-state index in [1.165, 1.54) is 19.2 Å². The van der Waals surface area contributed by atoms with Gasteiger partial charge in [0.2, 0.25) is 10.0 Å². The monoisotopic (exact) mass is 425 g/mol. The van der Waals surface area contributed by atoms with Crippen molar-refractivity contribution in [2.24, 2.45) is 0 Å². The Balaban J connectivity index is 2.27. The predicted molar refractivity (Wildman–Crippen MR) is 79.2 cm³/mol. The molecule has 0 amide bonds. The van der Waals surface area contributed by atoms with Crippen LogP contribution in [0, 0.1) is 5.82 Å². The minimum Gasteiger partial charge on any atom is -0.453 e. The molecule has 0 aliphatic rings. The summed E-state index contributed by atoms with van der Waals surface area (Å²) in [6.45, 7) is 0.0611. The summed E-state index contributed by atoms with van der Waals surface area (Å²) in [5.74, 6) is -0.138. The lowest BCUT2D eigenvalue weighted by atomic mass is 10.3. The average molecular weight is 427 g/mol. The van der Waals surface area contributed by atoms with Gasteiger partial charge in [-0.3, -0.25) is 0 Å². The first-order valence-corrected chi connectivity index (χ1v) is 8.49. The molecule has 0 fully saturated rings. The van der Waals surface area contributed by atoms with Gasteiger partial charge in [-0.2, -0.15) is 4.31 Å². The maximum absolute atomic E-state index is 13.4. The van der Waals surface area contributed by atoms with Gasteiger partial charge in [0, 0.05) is 7.05 Å². The molecule has 0 saturated carbocycles. The zero-order valence-electron chi connectivity index (χ0n) is 10.3. The van der Waals surface area contributed by atoms with E-state index in [9.17, 15) is 12.8 Å². The first kappa shape index (κ1) is 15.7. The normalized spacial score (nSPS) is 12.1. The lowest BCUT2D eigenvalue weighted by molar-refractivity contribution is 0.398. The number of hydrogen-bond acceptors (Lipinski definition) is 3. The van der Waals surface area contributed by atoms with Gasteiger partial charge in [0.1, 0.15) is 11.6 Å². The highest BCUT2D eigenvalue weighted by Crippen LogP contribution is 2.23. The van der Waals surface area contributed by atoms with Crippen molar-refractivity contribution in [1.29, 1.82) is 0 Å². The number of benzene rings is 1. The summed E-state index contributed by atoms with van der Waals surface area (Å²) < 4.78 is 45.1. The largest absolute Gasteiger partial charge is 0.453 e. The Morgan fingerprint density at radius 2 is 1.95 bits per heavy atom. The van der Waals surface area contributed by atoms with Gasteiger partial charge in [0.05, 0.1) is 15.9 Å². The van der Waals surface area contributed by atoms with Crippen molar-refractivity contribution in [3.05, 3.63) is 51.1 Å². The van der Waals surface area contributed by atoms with E-state index >= 15 is 0 Å². The molecule has 1 aromatic heterocycles. The van der Waals surface area contributed by atoms with Crippen LogP contribution in [-0.4, -0.2) is 19.8 Å². The molecule has 2 aromatic rings. The summed E-state index contributed by atoms with van der Waals surface area (Å²) in [5, 5.41) is 0. The van der Waals surface area contributed by atoms with E-state index in [2.05, 4.69) is 31.9 Å². The number of hydrogen-bond donors (Lipinski definition) is 0. The first-order valence-electron chi connectivity index (χ1n) is 5.46. The fourth-order valence-electron chi connectivity index (χ4n) is 1.56. The standard InChI is InChI=1S/C12H10Br2FNO3S/c1-16(7-8-2-5-12(14)19-8)20(17,18)9-3-4-10(13)11(15)6-9/h2-6H,7H2,1H3.